The Labute approximate surface area is 230 Å². The second kappa shape index (κ2) is 17.1. The lowest BCUT2D eigenvalue weighted by Gasteiger charge is -2.21. The Morgan fingerprint density at radius 3 is 1.90 bits per heavy atom. The first-order chi connectivity index (χ1) is 18.7. The molecule has 0 atom stereocenters. The first kappa shape index (κ1) is 31.7. The van der Waals surface area contributed by atoms with Crippen LogP contribution in [0.2, 0.25) is 0 Å². The van der Waals surface area contributed by atoms with E-state index in [1.807, 2.05) is 31.2 Å². The number of likely N-dealkylation sites (N-methyl/N-ethyl adjacent to an activating group) is 1. The van der Waals surface area contributed by atoms with Gasteiger partial charge in [-0.2, -0.15) is 10.2 Å². The van der Waals surface area contributed by atoms with Crippen molar-refractivity contribution in [2.45, 2.75) is 33.3 Å². The van der Waals surface area contributed by atoms with Gasteiger partial charge in [-0.05, 0) is 76.2 Å². The maximum atomic E-state index is 12.3. The molecule has 0 radical (unpaired) electrons. The number of alkyl carbamates (subject to hydrolysis) is 1. The van der Waals surface area contributed by atoms with Gasteiger partial charge < -0.3 is 34.9 Å². The summed E-state index contributed by atoms with van der Waals surface area (Å²) in [6, 6.07) is 14.5. The summed E-state index contributed by atoms with van der Waals surface area (Å²) in [5.74, 6) is -0.203. The highest BCUT2D eigenvalue weighted by Gasteiger charge is 2.15. The first-order valence-electron chi connectivity index (χ1n) is 13.1. The largest absolute Gasteiger partial charge is 0.444 e. The molecule has 11 heteroatoms. The van der Waals surface area contributed by atoms with Gasteiger partial charge in [0.05, 0.1) is 44.4 Å². The quantitative estimate of drug-likeness (QED) is 0.213. The molecule has 0 saturated heterocycles. The average Bonchev–Trinajstić information content (AvgIpc) is 2.91. The topological polar surface area (TPSA) is 134 Å². The molecule has 2 rings (SSSR count). The minimum Gasteiger partial charge on any atom is -0.444 e. The molecule has 0 unspecified atom stereocenters. The van der Waals surface area contributed by atoms with Crippen molar-refractivity contribution < 1.29 is 28.9 Å². The number of carbonyl (C=O) groups excluding carboxylic acids is 2. The van der Waals surface area contributed by atoms with Crippen LogP contribution in [0.5, 0.6) is 0 Å². The predicted octanol–water partition coefficient (Wildman–Crippen LogP) is 4.21. The fourth-order valence-electron chi connectivity index (χ4n) is 3.32. The lowest BCUT2D eigenvalue weighted by molar-refractivity contribution is 0.0400. The number of anilines is 1. The van der Waals surface area contributed by atoms with Crippen LogP contribution in [0, 0.1) is 0 Å². The molecule has 0 heterocycles. The van der Waals surface area contributed by atoms with E-state index < -0.39 is 11.7 Å². The molecule has 0 aromatic heterocycles. The van der Waals surface area contributed by atoms with E-state index in [-0.39, 0.29) is 12.5 Å². The molecule has 214 valence electrons. The molecule has 39 heavy (non-hydrogen) atoms. The summed E-state index contributed by atoms with van der Waals surface area (Å²) >= 11 is 0. The number of azo groups is 1. The summed E-state index contributed by atoms with van der Waals surface area (Å²) in [6.45, 7) is 11.1. The SMILES string of the molecule is CCN(CCO)c1ccc(/N=N/c2ccc(C(=O)NCCOCCOCCNC(=O)OC(C)(C)C)cc2)cc1. The summed E-state index contributed by atoms with van der Waals surface area (Å²) in [4.78, 5) is 25.9. The highest BCUT2D eigenvalue weighted by Crippen LogP contribution is 2.22. The van der Waals surface area contributed by atoms with Crippen LogP contribution in [0.1, 0.15) is 38.1 Å². The maximum absolute atomic E-state index is 12.3. The van der Waals surface area contributed by atoms with Crippen LogP contribution in [0.3, 0.4) is 0 Å². The molecule has 0 aliphatic carbocycles. The summed E-state index contributed by atoms with van der Waals surface area (Å²) in [5.41, 5.74) is 2.35. The van der Waals surface area contributed by atoms with Crippen molar-refractivity contribution in [3.8, 4) is 0 Å². The van der Waals surface area contributed by atoms with Crippen LogP contribution in [-0.4, -0.2) is 81.9 Å². The number of amides is 2. The number of aliphatic hydroxyl groups excluding tert-OH is 1. The monoisotopic (exact) mass is 543 g/mol. The molecule has 0 fully saturated rings. The minimum absolute atomic E-state index is 0.103. The molecule has 0 aliphatic heterocycles. The van der Waals surface area contributed by atoms with Gasteiger partial charge in [0.25, 0.3) is 5.91 Å². The van der Waals surface area contributed by atoms with E-state index in [0.29, 0.717) is 63.0 Å². The number of aliphatic hydroxyl groups is 1. The molecule has 11 nitrogen and oxygen atoms in total. The zero-order chi connectivity index (χ0) is 28.5. The molecule has 0 saturated carbocycles. The van der Waals surface area contributed by atoms with Gasteiger partial charge in [0, 0.05) is 37.4 Å². The zero-order valence-electron chi connectivity index (χ0n) is 23.3. The number of rotatable bonds is 16. The fourth-order valence-corrected chi connectivity index (χ4v) is 3.32. The lowest BCUT2D eigenvalue weighted by Crippen LogP contribution is -2.34. The van der Waals surface area contributed by atoms with Crippen molar-refractivity contribution in [1.29, 1.82) is 0 Å². The molecule has 0 aliphatic rings. The van der Waals surface area contributed by atoms with Crippen LogP contribution in [-0.2, 0) is 14.2 Å². The molecular formula is C28H41N5O6. The van der Waals surface area contributed by atoms with Gasteiger partial charge in [-0.3, -0.25) is 4.79 Å². The third-order valence-electron chi connectivity index (χ3n) is 5.20. The van der Waals surface area contributed by atoms with Gasteiger partial charge in [-0.15, -0.1) is 0 Å². The number of hydrogen-bond donors (Lipinski definition) is 3. The lowest BCUT2D eigenvalue weighted by atomic mass is 10.2. The first-order valence-corrected chi connectivity index (χ1v) is 13.1. The number of ether oxygens (including phenoxy) is 3. The maximum Gasteiger partial charge on any atom is 0.407 e. The number of nitrogens with one attached hydrogen (secondary N) is 2. The van der Waals surface area contributed by atoms with Crippen LogP contribution >= 0.6 is 0 Å². The predicted molar refractivity (Wildman–Crippen MR) is 150 cm³/mol. The minimum atomic E-state index is -0.530. The van der Waals surface area contributed by atoms with E-state index in [2.05, 4.69) is 25.8 Å². The van der Waals surface area contributed by atoms with Gasteiger partial charge >= 0.3 is 6.09 Å². The van der Waals surface area contributed by atoms with Crippen molar-refractivity contribution >= 4 is 29.1 Å². The van der Waals surface area contributed by atoms with Gasteiger partial charge in [-0.25, -0.2) is 4.79 Å². The van der Waals surface area contributed by atoms with E-state index in [1.165, 1.54) is 0 Å². The van der Waals surface area contributed by atoms with Crippen LogP contribution in [0.4, 0.5) is 21.9 Å². The second-order valence-corrected chi connectivity index (χ2v) is 9.48. The summed E-state index contributed by atoms with van der Waals surface area (Å²) in [6.07, 6.45) is -0.474. The Bertz CT molecular complexity index is 1020. The van der Waals surface area contributed by atoms with Crippen molar-refractivity contribution in [1.82, 2.24) is 10.6 Å². The van der Waals surface area contributed by atoms with E-state index in [0.717, 1.165) is 12.2 Å². The highest BCUT2D eigenvalue weighted by atomic mass is 16.6. The normalized spacial score (nSPS) is 11.4. The van der Waals surface area contributed by atoms with E-state index >= 15 is 0 Å². The molecule has 2 aromatic rings. The Kier molecular flexibility index (Phi) is 13.9. The van der Waals surface area contributed by atoms with Crippen molar-refractivity contribution in [2.75, 3.05) is 64.1 Å². The van der Waals surface area contributed by atoms with Gasteiger partial charge in [-0.1, -0.05) is 0 Å². The van der Waals surface area contributed by atoms with Crippen molar-refractivity contribution in [2.24, 2.45) is 10.2 Å². The van der Waals surface area contributed by atoms with Crippen molar-refractivity contribution in [3.05, 3.63) is 54.1 Å². The van der Waals surface area contributed by atoms with Crippen molar-refractivity contribution in [3.63, 3.8) is 0 Å². The fraction of sp³-hybridized carbons (Fsp3) is 0.500. The Balaban J connectivity index is 1.60. The Morgan fingerprint density at radius 1 is 0.846 bits per heavy atom. The Hall–Kier alpha value is -3.54. The molecule has 2 aromatic carbocycles. The van der Waals surface area contributed by atoms with E-state index in [4.69, 9.17) is 19.3 Å². The molecular weight excluding hydrogens is 502 g/mol. The van der Waals surface area contributed by atoms with Gasteiger partial charge in [0.2, 0.25) is 0 Å². The third kappa shape index (κ3) is 13.2. The molecule has 3 N–H and O–H groups in total. The number of hydrogen-bond acceptors (Lipinski definition) is 9. The van der Waals surface area contributed by atoms with Gasteiger partial charge in [0.15, 0.2) is 0 Å². The van der Waals surface area contributed by atoms with Gasteiger partial charge in [0.1, 0.15) is 5.60 Å². The average molecular weight is 544 g/mol. The standard InChI is InChI=1S/C28H41N5O6/c1-5-33(16-17-34)25-12-10-24(11-13-25)32-31-23-8-6-22(7-9-23)26(35)29-14-18-37-20-21-38-19-15-30-27(36)39-28(2,3)4/h6-13,34H,5,14-21H2,1-4H3,(H,29,35)(H,30,36)/b32-31+. The summed E-state index contributed by atoms with van der Waals surface area (Å²) in [7, 11) is 0. The summed E-state index contributed by atoms with van der Waals surface area (Å²) in [5, 5.41) is 23.1. The number of carbonyl (C=O) groups is 2. The highest BCUT2D eigenvalue weighted by molar-refractivity contribution is 5.94. The van der Waals surface area contributed by atoms with Crippen LogP contribution < -0.4 is 15.5 Å². The number of nitrogens with zero attached hydrogens (tertiary/aromatic N) is 3. The zero-order valence-corrected chi connectivity index (χ0v) is 23.3. The second-order valence-electron chi connectivity index (χ2n) is 9.48. The number of benzene rings is 2. The third-order valence-corrected chi connectivity index (χ3v) is 5.20. The molecule has 0 bridgehead atoms. The smallest absolute Gasteiger partial charge is 0.407 e. The van der Waals surface area contributed by atoms with Crippen LogP contribution in [0.15, 0.2) is 58.8 Å². The van der Waals surface area contributed by atoms with E-state index in [9.17, 15) is 9.59 Å². The molecule has 0 spiro atoms. The summed E-state index contributed by atoms with van der Waals surface area (Å²) < 4.78 is 16.0. The van der Waals surface area contributed by atoms with E-state index in [1.54, 1.807) is 45.0 Å². The molecule has 2 amide bonds. The van der Waals surface area contributed by atoms with Crippen LogP contribution in [0.25, 0.3) is 0 Å². The Morgan fingerprint density at radius 2 is 1.38 bits per heavy atom.